The van der Waals surface area contributed by atoms with Crippen LogP contribution in [0.15, 0.2) is 41.9 Å². The number of aliphatic hydroxyl groups excluding tert-OH is 1. The van der Waals surface area contributed by atoms with Crippen molar-refractivity contribution in [1.82, 2.24) is 9.97 Å². The number of hydrogen-bond donors (Lipinski definition) is 1. The van der Waals surface area contributed by atoms with E-state index in [1.54, 1.807) is 17.5 Å². The molecule has 0 bridgehead atoms. The Bertz CT molecular complexity index is 786. The number of thiophene rings is 1. The van der Waals surface area contributed by atoms with E-state index in [1.165, 1.54) is 10.1 Å². The third kappa shape index (κ3) is 2.28. The Hall–Kier alpha value is -1.98. The molecule has 3 aromatic rings. The maximum Gasteiger partial charge on any atom is 0.162 e. The van der Waals surface area contributed by atoms with Gasteiger partial charge in [-0.2, -0.15) is 0 Å². The van der Waals surface area contributed by atoms with Gasteiger partial charge in [-0.3, -0.25) is 0 Å². The first-order valence-electron chi connectivity index (χ1n) is 7.04. The summed E-state index contributed by atoms with van der Waals surface area (Å²) in [6.07, 6.45) is 2.36. The summed E-state index contributed by atoms with van der Waals surface area (Å²) in [6.45, 7) is 1.50. The van der Waals surface area contributed by atoms with Gasteiger partial charge in [0, 0.05) is 29.5 Å². The highest BCUT2D eigenvalue weighted by Crippen LogP contribution is 2.31. The third-order valence-corrected chi connectivity index (χ3v) is 4.81. The second kappa shape index (κ2) is 5.09. The fraction of sp³-hybridized carbons (Fsp3) is 0.250. The lowest BCUT2D eigenvalue weighted by Gasteiger charge is -2.16. The molecule has 0 amide bonds. The normalized spacial score (nSPS) is 18.5. The van der Waals surface area contributed by atoms with Gasteiger partial charge in [0.05, 0.1) is 6.10 Å². The van der Waals surface area contributed by atoms with Gasteiger partial charge in [0.25, 0.3) is 0 Å². The predicted molar refractivity (Wildman–Crippen MR) is 85.7 cm³/mol. The predicted octanol–water partition coefficient (Wildman–Crippen LogP) is 2.93. The summed E-state index contributed by atoms with van der Waals surface area (Å²) < 4.78 is 1.22. The summed E-state index contributed by atoms with van der Waals surface area (Å²) in [7, 11) is 0. The first-order chi connectivity index (χ1) is 10.3. The molecule has 106 valence electrons. The van der Waals surface area contributed by atoms with E-state index >= 15 is 0 Å². The highest BCUT2D eigenvalue weighted by Gasteiger charge is 2.21. The van der Waals surface area contributed by atoms with Crippen molar-refractivity contribution < 1.29 is 5.11 Å². The van der Waals surface area contributed by atoms with Crippen LogP contribution in [-0.2, 0) is 0 Å². The van der Waals surface area contributed by atoms with Crippen LogP contribution in [0.1, 0.15) is 6.42 Å². The standard InChI is InChI=1S/C16H15N3OS/c20-12-5-8-19(10-12)14-4-7-17-16(18-14)13-3-1-2-11-6-9-21-15(11)13/h1-4,6-7,9,12,20H,5,8,10H2/t12-/m1/s1. The highest BCUT2D eigenvalue weighted by molar-refractivity contribution is 7.17. The number of hydrogen-bond acceptors (Lipinski definition) is 5. The summed E-state index contributed by atoms with van der Waals surface area (Å²) in [5, 5.41) is 13.0. The zero-order valence-corrected chi connectivity index (χ0v) is 12.3. The van der Waals surface area contributed by atoms with Crippen molar-refractivity contribution in [1.29, 1.82) is 0 Å². The van der Waals surface area contributed by atoms with Gasteiger partial charge in [0.1, 0.15) is 5.82 Å². The van der Waals surface area contributed by atoms with Gasteiger partial charge in [-0.1, -0.05) is 12.1 Å². The number of nitrogens with zero attached hydrogens (tertiary/aromatic N) is 3. The lowest BCUT2D eigenvalue weighted by molar-refractivity contribution is 0.198. The van der Waals surface area contributed by atoms with E-state index in [0.29, 0.717) is 6.54 Å². The van der Waals surface area contributed by atoms with Crippen LogP contribution >= 0.6 is 11.3 Å². The number of aromatic nitrogens is 2. The summed E-state index contributed by atoms with van der Waals surface area (Å²) in [4.78, 5) is 11.3. The van der Waals surface area contributed by atoms with Crippen molar-refractivity contribution in [3.63, 3.8) is 0 Å². The number of benzene rings is 1. The van der Waals surface area contributed by atoms with Crippen LogP contribution in [-0.4, -0.2) is 34.3 Å². The first kappa shape index (κ1) is 12.7. The van der Waals surface area contributed by atoms with Crippen LogP contribution in [0.3, 0.4) is 0 Å². The van der Waals surface area contributed by atoms with Gasteiger partial charge in [-0.05, 0) is 35.4 Å². The molecule has 21 heavy (non-hydrogen) atoms. The summed E-state index contributed by atoms with van der Waals surface area (Å²) in [5.74, 6) is 1.65. The lowest BCUT2D eigenvalue weighted by Crippen LogP contribution is -2.22. The van der Waals surface area contributed by atoms with Gasteiger partial charge in [0.2, 0.25) is 0 Å². The number of β-amino-alcohol motifs (C(OH)–C–C–N with tert-alkyl or cyclic N) is 1. The quantitative estimate of drug-likeness (QED) is 0.790. The lowest BCUT2D eigenvalue weighted by atomic mass is 10.1. The number of aliphatic hydroxyl groups is 1. The molecular formula is C16H15N3OS. The molecule has 0 unspecified atom stereocenters. The van der Waals surface area contributed by atoms with E-state index in [0.717, 1.165) is 30.2 Å². The smallest absolute Gasteiger partial charge is 0.162 e. The molecule has 1 atom stereocenters. The van der Waals surface area contributed by atoms with Crippen molar-refractivity contribution in [3.05, 3.63) is 41.9 Å². The van der Waals surface area contributed by atoms with Crippen LogP contribution in [0.5, 0.6) is 0 Å². The Kier molecular flexibility index (Phi) is 3.09. The van der Waals surface area contributed by atoms with Crippen molar-refractivity contribution in [2.45, 2.75) is 12.5 Å². The molecule has 0 saturated carbocycles. The maximum absolute atomic E-state index is 9.68. The average Bonchev–Trinajstić information content (AvgIpc) is 3.15. The van der Waals surface area contributed by atoms with E-state index < -0.39 is 0 Å². The van der Waals surface area contributed by atoms with Crippen molar-refractivity contribution >= 4 is 27.2 Å². The van der Waals surface area contributed by atoms with Gasteiger partial charge in [-0.25, -0.2) is 9.97 Å². The van der Waals surface area contributed by atoms with E-state index in [-0.39, 0.29) is 6.10 Å². The number of rotatable bonds is 2. The van der Waals surface area contributed by atoms with E-state index in [9.17, 15) is 5.11 Å². The molecule has 4 rings (SSSR count). The Labute approximate surface area is 126 Å². The molecule has 2 aromatic heterocycles. The van der Waals surface area contributed by atoms with Crippen molar-refractivity contribution in [2.75, 3.05) is 18.0 Å². The van der Waals surface area contributed by atoms with Gasteiger partial charge in [0.15, 0.2) is 5.82 Å². The van der Waals surface area contributed by atoms with Gasteiger partial charge < -0.3 is 10.0 Å². The molecule has 1 fully saturated rings. The van der Waals surface area contributed by atoms with Crippen LogP contribution in [0.2, 0.25) is 0 Å². The molecule has 5 heteroatoms. The van der Waals surface area contributed by atoms with Crippen LogP contribution in [0, 0.1) is 0 Å². The molecule has 1 aliphatic rings. The Morgan fingerprint density at radius 3 is 3.05 bits per heavy atom. The molecule has 0 aliphatic carbocycles. The summed E-state index contributed by atoms with van der Waals surface area (Å²) in [5.41, 5.74) is 1.07. The van der Waals surface area contributed by atoms with E-state index in [4.69, 9.17) is 4.98 Å². The van der Waals surface area contributed by atoms with Crippen LogP contribution in [0.25, 0.3) is 21.5 Å². The van der Waals surface area contributed by atoms with E-state index in [2.05, 4.69) is 33.5 Å². The molecular weight excluding hydrogens is 282 g/mol. The summed E-state index contributed by atoms with van der Waals surface area (Å²) in [6, 6.07) is 10.2. The maximum atomic E-state index is 9.68. The average molecular weight is 297 g/mol. The van der Waals surface area contributed by atoms with Crippen LogP contribution in [0.4, 0.5) is 5.82 Å². The summed E-state index contributed by atoms with van der Waals surface area (Å²) >= 11 is 1.71. The van der Waals surface area contributed by atoms with Gasteiger partial charge >= 0.3 is 0 Å². The van der Waals surface area contributed by atoms with Gasteiger partial charge in [-0.15, -0.1) is 11.3 Å². The number of anilines is 1. The van der Waals surface area contributed by atoms with E-state index in [1.807, 2.05) is 12.1 Å². The number of fused-ring (bicyclic) bond motifs is 1. The monoisotopic (exact) mass is 297 g/mol. The molecule has 1 N–H and O–H groups in total. The minimum absolute atomic E-state index is 0.246. The van der Waals surface area contributed by atoms with Crippen molar-refractivity contribution in [3.8, 4) is 11.4 Å². The Morgan fingerprint density at radius 2 is 2.19 bits per heavy atom. The first-order valence-corrected chi connectivity index (χ1v) is 7.92. The topological polar surface area (TPSA) is 49.2 Å². The fourth-order valence-corrected chi connectivity index (χ4v) is 3.68. The van der Waals surface area contributed by atoms with Crippen LogP contribution < -0.4 is 4.90 Å². The third-order valence-electron chi connectivity index (χ3n) is 3.85. The molecule has 1 saturated heterocycles. The zero-order chi connectivity index (χ0) is 14.2. The highest BCUT2D eigenvalue weighted by atomic mass is 32.1. The Morgan fingerprint density at radius 1 is 1.24 bits per heavy atom. The Balaban J connectivity index is 1.77. The SMILES string of the molecule is O[C@@H]1CCN(c2ccnc(-c3cccc4ccsc34)n2)C1. The van der Waals surface area contributed by atoms with Crippen molar-refractivity contribution in [2.24, 2.45) is 0 Å². The largest absolute Gasteiger partial charge is 0.391 e. The fourth-order valence-electron chi connectivity index (χ4n) is 2.77. The molecule has 1 aromatic carbocycles. The molecule has 4 nitrogen and oxygen atoms in total. The molecule has 0 spiro atoms. The molecule has 3 heterocycles. The molecule has 1 aliphatic heterocycles. The zero-order valence-electron chi connectivity index (χ0n) is 11.4. The second-order valence-corrected chi connectivity index (χ2v) is 6.19. The minimum atomic E-state index is -0.246. The minimum Gasteiger partial charge on any atom is -0.391 e. The second-order valence-electron chi connectivity index (χ2n) is 5.27. The molecule has 0 radical (unpaired) electrons.